The van der Waals surface area contributed by atoms with Crippen LogP contribution in [0.3, 0.4) is 0 Å². The molecule has 0 saturated heterocycles. The Morgan fingerprint density at radius 2 is 1.75 bits per heavy atom. The van der Waals surface area contributed by atoms with Crippen LogP contribution < -0.4 is 14.4 Å². The fraction of sp³-hybridized carbons (Fsp3) is 0.174. The molecule has 2 aromatic heterocycles. The third-order valence-electron chi connectivity index (χ3n) is 5.26. The predicted molar refractivity (Wildman–Crippen MR) is 110 cm³/mol. The Bertz CT molecular complexity index is 1170. The zero-order chi connectivity index (χ0) is 19.1. The van der Waals surface area contributed by atoms with Gasteiger partial charge >= 0.3 is 0 Å². The lowest BCUT2D eigenvalue weighted by Gasteiger charge is -2.30. The van der Waals surface area contributed by atoms with E-state index >= 15 is 0 Å². The number of methoxy groups -OCH3 is 2. The second-order valence-corrected chi connectivity index (χ2v) is 6.92. The van der Waals surface area contributed by atoms with Gasteiger partial charge in [-0.2, -0.15) is 0 Å². The molecule has 0 N–H and O–H groups in total. The molecule has 3 heterocycles. The summed E-state index contributed by atoms with van der Waals surface area (Å²) in [6, 6.07) is 20.7. The Kier molecular flexibility index (Phi) is 3.93. The molecular weight excluding hydrogens is 350 g/mol. The number of anilines is 1. The zero-order valence-electron chi connectivity index (χ0n) is 15.9. The molecule has 5 nitrogen and oxygen atoms in total. The molecule has 0 amide bonds. The molecule has 1 aliphatic heterocycles. The highest BCUT2D eigenvalue weighted by Gasteiger charge is 2.27. The maximum absolute atomic E-state index is 5.49. The fourth-order valence-electron chi connectivity index (χ4n) is 3.97. The van der Waals surface area contributed by atoms with Crippen LogP contribution in [0.4, 0.5) is 5.82 Å². The van der Waals surface area contributed by atoms with Gasteiger partial charge in [0, 0.05) is 24.8 Å². The second kappa shape index (κ2) is 6.60. The Balaban J connectivity index is 1.62. The number of hydrogen-bond donors (Lipinski definition) is 0. The minimum atomic E-state index is 0.741. The first-order valence-corrected chi connectivity index (χ1v) is 9.29. The summed E-state index contributed by atoms with van der Waals surface area (Å²) in [5.41, 5.74) is 5.66. The van der Waals surface area contributed by atoms with Gasteiger partial charge in [0.05, 0.1) is 14.2 Å². The molecule has 5 heteroatoms. The number of ether oxygens (including phenoxy) is 2. The first-order valence-electron chi connectivity index (χ1n) is 9.29. The molecule has 0 saturated carbocycles. The molecule has 0 unspecified atom stereocenters. The summed E-state index contributed by atoms with van der Waals surface area (Å²) in [5, 5.41) is 0. The highest BCUT2D eigenvalue weighted by atomic mass is 16.5. The number of pyridine rings is 1. The minimum absolute atomic E-state index is 0.741. The van der Waals surface area contributed by atoms with Crippen LogP contribution in [-0.4, -0.2) is 23.6 Å². The first-order chi connectivity index (χ1) is 13.8. The van der Waals surface area contributed by atoms with E-state index in [1.807, 2.05) is 24.3 Å². The van der Waals surface area contributed by atoms with Crippen molar-refractivity contribution >= 4 is 11.5 Å². The number of imidazole rings is 1. The SMILES string of the molecule is COc1ccc(CN2Cc3ccccc3-c3nc4ccccn4c32)cc1OC. The molecule has 0 radical (unpaired) electrons. The quantitative estimate of drug-likeness (QED) is 0.528. The van der Waals surface area contributed by atoms with E-state index < -0.39 is 0 Å². The van der Waals surface area contributed by atoms with E-state index in [-0.39, 0.29) is 0 Å². The van der Waals surface area contributed by atoms with E-state index in [1.54, 1.807) is 14.2 Å². The highest BCUT2D eigenvalue weighted by Crippen LogP contribution is 2.40. The van der Waals surface area contributed by atoms with E-state index in [1.165, 1.54) is 11.1 Å². The van der Waals surface area contributed by atoms with Crippen LogP contribution in [0.1, 0.15) is 11.1 Å². The standard InChI is InChI=1S/C23H21N3O2/c1-27-19-11-10-16(13-20(19)28-2)14-25-15-17-7-3-4-8-18(17)22-23(25)26-12-6-5-9-21(26)24-22/h3-13H,14-15H2,1-2H3. The number of nitrogens with zero attached hydrogens (tertiary/aromatic N) is 3. The van der Waals surface area contributed by atoms with Gasteiger partial charge in [-0.05, 0) is 35.4 Å². The molecule has 0 fully saturated rings. The van der Waals surface area contributed by atoms with Gasteiger partial charge in [-0.1, -0.05) is 36.4 Å². The summed E-state index contributed by atoms with van der Waals surface area (Å²) < 4.78 is 13.0. The summed E-state index contributed by atoms with van der Waals surface area (Å²) in [4.78, 5) is 7.30. The van der Waals surface area contributed by atoms with Crippen LogP contribution in [-0.2, 0) is 13.1 Å². The topological polar surface area (TPSA) is 39.0 Å². The Hall–Kier alpha value is -3.47. The third kappa shape index (κ3) is 2.59. The lowest BCUT2D eigenvalue weighted by atomic mass is 9.99. The van der Waals surface area contributed by atoms with Crippen molar-refractivity contribution in [2.45, 2.75) is 13.1 Å². The van der Waals surface area contributed by atoms with E-state index in [2.05, 4.69) is 51.9 Å². The van der Waals surface area contributed by atoms with Crippen molar-refractivity contribution in [3.63, 3.8) is 0 Å². The Morgan fingerprint density at radius 3 is 2.61 bits per heavy atom. The normalized spacial score (nSPS) is 12.6. The predicted octanol–water partition coefficient (Wildman–Crippen LogP) is 4.54. The fourth-order valence-corrected chi connectivity index (χ4v) is 3.97. The molecule has 0 bridgehead atoms. The van der Waals surface area contributed by atoms with Gasteiger partial charge in [0.1, 0.15) is 17.2 Å². The molecule has 140 valence electrons. The van der Waals surface area contributed by atoms with Crippen LogP contribution in [0.25, 0.3) is 16.9 Å². The number of benzene rings is 2. The molecule has 0 aliphatic carbocycles. The van der Waals surface area contributed by atoms with E-state index in [4.69, 9.17) is 14.5 Å². The molecular formula is C23H21N3O2. The summed E-state index contributed by atoms with van der Waals surface area (Å²) in [5.74, 6) is 2.62. The monoisotopic (exact) mass is 371 g/mol. The van der Waals surface area contributed by atoms with Crippen molar-refractivity contribution in [3.8, 4) is 22.8 Å². The van der Waals surface area contributed by atoms with Gasteiger partial charge in [0.15, 0.2) is 11.5 Å². The molecule has 1 aliphatic rings. The van der Waals surface area contributed by atoms with Crippen LogP contribution in [0.15, 0.2) is 66.9 Å². The number of aromatic nitrogens is 2. The molecule has 28 heavy (non-hydrogen) atoms. The maximum atomic E-state index is 5.49. The van der Waals surface area contributed by atoms with Crippen molar-refractivity contribution in [3.05, 3.63) is 78.0 Å². The van der Waals surface area contributed by atoms with Crippen molar-refractivity contribution in [1.82, 2.24) is 9.38 Å². The van der Waals surface area contributed by atoms with Gasteiger partial charge in [-0.15, -0.1) is 0 Å². The van der Waals surface area contributed by atoms with E-state index in [9.17, 15) is 0 Å². The first kappa shape index (κ1) is 16.7. The highest BCUT2D eigenvalue weighted by molar-refractivity contribution is 5.82. The zero-order valence-corrected chi connectivity index (χ0v) is 15.9. The van der Waals surface area contributed by atoms with Gasteiger partial charge in [0.25, 0.3) is 0 Å². The maximum Gasteiger partial charge on any atom is 0.161 e. The van der Waals surface area contributed by atoms with Crippen LogP contribution in [0.2, 0.25) is 0 Å². The largest absolute Gasteiger partial charge is 0.493 e. The number of rotatable bonds is 4. The average Bonchev–Trinajstić information content (AvgIpc) is 3.14. The minimum Gasteiger partial charge on any atom is -0.493 e. The second-order valence-electron chi connectivity index (χ2n) is 6.92. The van der Waals surface area contributed by atoms with Crippen molar-refractivity contribution in [2.75, 3.05) is 19.1 Å². The third-order valence-corrected chi connectivity index (χ3v) is 5.26. The molecule has 4 aromatic rings. The lowest BCUT2D eigenvalue weighted by molar-refractivity contribution is 0.354. The number of fused-ring (bicyclic) bond motifs is 5. The van der Waals surface area contributed by atoms with E-state index in [0.717, 1.165) is 47.3 Å². The summed E-state index contributed by atoms with van der Waals surface area (Å²) >= 11 is 0. The number of hydrogen-bond acceptors (Lipinski definition) is 4. The van der Waals surface area contributed by atoms with Crippen molar-refractivity contribution in [2.24, 2.45) is 0 Å². The van der Waals surface area contributed by atoms with Crippen LogP contribution in [0.5, 0.6) is 11.5 Å². The molecule has 0 atom stereocenters. The smallest absolute Gasteiger partial charge is 0.161 e. The molecule has 5 rings (SSSR count). The molecule has 2 aromatic carbocycles. The van der Waals surface area contributed by atoms with Crippen LogP contribution >= 0.6 is 0 Å². The summed E-state index contributed by atoms with van der Waals surface area (Å²) in [6.07, 6.45) is 2.08. The van der Waals surface area contributed by atoms with Gasteiger partial charge in [0.2, 0.25) is 0 Å². The van der Waals surface area contributed by atoms with Crippen LogP contribution in [0, 0.1) is 0 Å². The van der Waals surface area contributed by atoms with Gasteiger partial charge in [-0.3, -0.25) is 4.40 Å². The Morgan fingerprint density at radius 1 is 0.929 bits per heavy atom. The van der Waals surface area contributed by atoms with Crippen molar-refractivity contribution in [1.29, 1.82) is 0 Å². The Labute approximate surface area is 163 Å². The molecule has 0 spiro atoms. The van der Waals surface area contributed by atoms with E-state index in [0.29, 0.717) is 0 Å². The van der Waals surface area contributed by atoms with Gasteiger partial charge < -0.3 is 14.4 Å². The summed E-state index contributed by atoms with van der Waals surface area (Å²) in [7, 11) is 3.32. The summed E-state index contributed by atoms with van der Waals surface area (Å²) in [6.45, 7) is 1.59. The van der Waals surface area contributed by atoms with Crippen molar-refractivity contribution < 1.29 is 9.47 Å². The average molecular weight is 371 g/mol. The lowest BCUT2D eigenvalue weighted by Crippen LogP contribution is -2.27. The van der Waals surface area contributed by atoms with Gasteiger partial charge in [-0.25, -0.2) is 4.98 Å².